The van der Waals surface area contributed by atoms with E-state index < -0.39 is 0 Å². The molecule has 1 unspecified atom stereocenters. The van der Waals surface area contributed by atoms with E-state index in [0.29, 0.717) is 0 Å². The maximum absolute atomic E-state index is 4.34. The Labute approximate surface area is 270 Å². The van der Waals surface area contributed by atoms with Crippen LogP contribution in [0.3, 0.4) is 0 Å². The van der Waals surface area contributed by atoms with Crippen LogP contribution in [0.15, 0.2) is 163 Å². The van der Waals surface area contributed by atoms with Gasteiger partial charge in [-0.15, -0.1) is 0 Å². The fourth-order valence-electron chi connectivity index (χ4n) is 5.48. The molecule has 45 heavy (non-hydrogen) atoms. The summed E-state index contributed by atoms with van der Waals surface area (Å²) in [4.78, 5) is 2.30. The van der Waals surface area contributed by atoms with E-state index in [4.69, 9.17) is 0 Å². The van der Waals surface area contributed by atoms with Crippen molar-refractivity contribution in [2.24, 2.45) is 0 Å². The molecule has 2 nitrogen and oxygen atoms in total. The topological polar surface area (TPSA) is 8.17 Å². The molecule has 0 radical (unpaired) electrons. The highest BCUT2D eigenvalue weighted by atomic mass is 15.1. The smallest absolute Gasteiger partial charge is 0.0891 e. The van der Waals surface area contributed by atoms with Gasteiger partial charge in [0.15, 0.2) is 0 Å². The van der Waals surface area contributed by atoms with Gasteiger partial charge >= 0.3 is 0 Å². The van der Waals surface area contributed by atoms with Crippen molar-refractivity contribution in [1.82, 2.24) is 4.57 Å². The van der Waals surface area contributed by atoms with Gasteiger partial charge in [-0.1, -0.05) is 136 Å². The van der Waals surface area contributed by atoms with Crippen molar-refractivity contribution < 1.29 is 0 Å². The van der Waals surface area contributed by atoms with E-state index in [1.807, 2.05) is 19.9 Å². The molecule has 3 aromatic carbocycles. The summed E-state index contributed by atoms with van der Waals surface area (Å²) in [5, 5.41) is 2.51. The average molecular weight is 591 g/mol. The van der Waals surface area contributed by atoms with Crippen molar-refractivity contribution in [2.75, 3.05) is 11.9 Å². The van der Waals surface area contributed by atoms with Crippen LogP contribution in [-0.2, 0) is 0 Å². The van der Waals surface area contributed by atoms with Crippen LogP contribution in [0.5, 0.6) is 0 Å². The number of rotatable bonds is 10. The molecule has 2 heteroatoms. The molecule has 1 aliphatic rings. The van der Waals surface area contributed by atoms with Crippen LogP contribution in [0.2, 0.25) is 0 Å². The van der Waals surface area contributed by atoms with Gasteiger partial charge in [0, 0.05) is 35.1 Å². The lowest BCUT2D eigenvalue weighted by Gasteiger charge is -2.27. The molecule has 4 aromatic rings. The van der Waals surface area contributed by atoms with Crippen molar-refractivity contribution >= 4 is 38.8 Å². The van der Waals surface area contributed by atoms with Gasteiger partial charge < -0.3 is 9.47 Å². The average Bonchev–Trinajstić information content (AvgIpc) is 3.23. The normalized spacial score (nSPS) is 14.1. The van der Waals surface area contributed by atoms with Gasteiger partial charge in [-0.05, 0) is 73.4 Å². The van der Waals surface area contributed by atoms with Gasteiger partial charge in [-0.2, -0.15) is 0 Å². The summed E-state index contributed by atoms with van der Waals surface area (Å²) < 4.78 is 2.30. The molecule has 0 saturated carbocycles. The summed E-state index contributed by atoms with van der Waals surface area (Å²) in [6.07, 6.45) is 24.6. The zero-order valence-corrected chi connectivity index (χ0v) is 27.7. The number of hydrogen-bond acceptors (Lipinski definition) is 1. The molecule has 1 aliphatic carbocycles. The fraction of sp³-hybridized carbons (Fsp3) is 0.186. The van der Waals surface area contributed by atoms with Gasteiger partial charge in [-0.25, -0.2) is 0 Å². The lowest BCUT2D eigenvalue weighted by atomic mass is 10.0. The second kappa shape index (κ2) is 16.1. The molecule has 0 bridgehead atoms. The molecule has 0 fully saturated rings. The molecule has 0 spiro atoms. The number of nitrogens with zero attached hydrogens (tertiary/aromatic N) is 2. The van der Waals surface area contributed by atoms with Crippen molar-refractivity contribution in [3.63, 3.8) is 0 Å². The van der Waals surface area contributed by atoms with E-state index in [9.17, 15) is 0 Å². The van der Waals surface area contributed by atoms with Crippen molar-refractivity contribution in [1.29, 1.82) is 0 Å². The van der Waals surface area contributed by atoms with E-state index in [-0.39, 0.29) is 6.04 Å². The Bertz CT molecular complexity index is 1840. The summed E-state index contributed by atoms with van der Waals surface area (Å²) in [6, 6.07) is 25.8. The number of hydrogen-bond donors (Lipinski definition) is 0. The van der Waals surface area contributed by atoms with Crippen LogP contribution in [0.4, 0.5) is 5.69 Å². The second-order valence-corrected chi connectivity index (χ2v) is 10.7. The molecule has 1 aromatic heterocycles. The largest absolute Gasteiger partial charge is 0.368 e. The minimum Gasteiger partial charge on any atom is -0.368 e. The third-order valence-electron chi connectivity index (χ3n) is 7.96. The molecule has 228 valence electrons. The monoisotopic (exact) mass is 590 g/mol. The van der Waals surface area contributed by atoms with Gasteiger partial charge in [0.2, 0.25) is 0 Å². The van der Waals surface area contributed by atoms with Gasteiger partial charge in [0.05, 0.1) is 16.7 Å². The van der Waals surface area contributed by atoms with Crippen LogP contribution >= 0.6 is 0 Å². The highest BCUT2D eigenvalue weighted by molar-refractivity contribution is 6.10. The van der Waals surface area contributed by atoms with Gasteiger partial charge in [0.1, 0.15) is 0 Å². The molecular weight excluding hydrogens is 544 g/mol. The third-order valence-corrected chi connectivity index (χ3v) is 7.96. The van der Waals surface area contributed by atoms with Gasteiger partial charge in [0.25, 0.3) is 0 Å². The predicted molar refractivity (Wildman–Crippen MR) is 201 cm³/mol. The summed E-state index contributed by atoms with van der Waals surface area (Å²) in [6.45, 7) is 14.8. The number of likely N-dealkylation sites (N-methyl/N-ethyl adjacent to an activating group) is 1. The number of benzene rings is 3. The van der Waals surface area contributed by atoms with E-state index in [1.165, 1.54) is 27.4 Å². The zero-order valence-electron chi connectivity index (χ0n) is 27.7. The Kier molecular flexibility index (Phi) is 11.8. The van der Waals surface area contributed by atoms with Crippen LogP contribution in [0, 0.1) is 0 Å². The van der Waals surface area contributed by atoms with E-state index in [0.717, 1.165) is 34.5 Å². The van der Waals surface area contributed by atoms with Crippen molar-refractivity contribution in [2.45, 2.75) is 47.1 Å². The number of fused-ring (bicyclic) bond motifs is 3. The molecule has 0 saturated heterocycles. The first kappa shape index (κ1) is 32.9. The van der Waals surface area contributed by atoms with E-state index in [2.05, 4.69) is 183 Å². The van der Waals surface area contributed by atoms with Crippen LogP contribution < -0.4 is 4.90 Å². The molecule has 0 N–H and O–H groups in total. The summed E-state index contributed by atoms with van der Waals surface area (Å²) >= 11 is 0. The second-order valence-electron chi connectivity index (χ2n) is 10.7. The van der Waals surface area contributed by atoms with Crippen molar-refractivity contribution in [3.05, 3.63) is 169 Å². The van der Waals surface area contributed by atoms with E-state index in [1.54, 1.807) is 0 Å². The molecule has 5 rings (SSSR count). The highest BCUT2D eigenvalue weighted by Crippen LogP contribution is 2.33. The zero-order chi connectivity index (χ0) is 32.2. The van der Waals surface area contributed by atoms with Crippen LogP contribution in [-0.4, -0.2) is 17.7 Å². The molecule has 0 aliphatic heterocycles. The molecule has 0 amide bonds. The first-order chi connectivity index (χ1) is 22.0. The Hall–Kier alpha value is -5.04. The predicted octanol–water partition coefficient (Wildman–Crippen LogP) is 11.9. The van der Waals surface area contributed by atoms with Gasteiger partial charge in [-0.3, -0.25) is 0 Å². The number of anilines is 1. The Morgan fingerprint density at radius 1 is 0.889 bits per heavy atom. The molecule has 1 atom stereocenters. The van der Waals surface area contributed by atoms with Crippen molar-refractivity contribution in [3.8, 4) is 0 Å². The molecule has 1 heterocycles. The lowest BCUT2D eigenvalue weighted by molar-refractivity contribution is 0.821. The number of para-hydroxylation sites is 3. The Morgan fingerprint density at radius 3 is 2.20 bits per heavy atom. The minimum atomic E-state index is 0.171. The minimum absolute atomic E-state index is 0.171. The highest BCUT2D eigenvalue weighted by Gasteiger charge is 2.14. The molecular formula is C43H46N2. The third kappa shape index (κ3) is 7.55. The first-order valence-corrected chi connectivity index (χ1v) is 16.1. The maximum Gasteiger partial charge on any atom is 0.0891 e. The van der Waals surface area contributed by atoms with E-state index >= 15 is 0 Å². The Morgan fingerprint density at radius 2 is 1.53 bits per heavy atom. The maximum atomic E-state index is 4.34. The SMILES string of the molecule is C=C(/C=C\C=C/CC)c1ccccc1N(C)C(C)/C=C\C(=C/C)C1=CC=C=C(n2c3ccccc3c3ccccc32)C=C1.CC. The summed E-state index contributed by atoms with van der Waals surface area (Å²) in [5.74, 6) is 0. The van der Waals surface area contributed by atoms with Crippen LogP contribution in [0.25, 0.3) is 33.1 Å². The summed E-state index contributed by atoms with van der Waals surface area (Å²) in [7, 11) is 2.15. The Balaban J connectivity index is 0.00000226. The first-order valence-electron chi connectivity index (χ1n) is 16.1. The lowest BCUT2D eigenvalue weighted by Crippen LogP contribution is -2.27. The number of aromatic nitrogens is 1. The number of allylic oxidation sites excluding steroid dienone is 13. The fourth-order valence-corrected chi connectivity index (χ4v) is 5.48. The quantitative estimate of drug-likeness (QED) is 0.132. The van der Waals surface area contributed by atoms with Crippen LogP contribution in [0.1, 0.15) is 46.6 Å². The summed E-state index contributed by atoms with van der Waals surface area (Å²) in [5.41, 5.74) is 12.5. The standard InChI is InChI=1S/C41H40N2.C2H6/c1-6-8-9-10-18-31(3)36-21-11-14-24-39(36)42(5)32(4)27-28-33(7-2)34-19-17-20-35(30-29-34)43-40-25-15-12-22-37(40)38-23-13-16-26-41(38)43;1-2/h7-19,21-30,32H,3,6H2,1-2,4-5H3;1-2H3/b9-8-,18-10-,28-27-,33-7+;.